The van der Waals surface area contributed by atoms with Crippen molar-refractivity contribution in [2.45, 2.75) is 11.8 Å². The van der Waals surface area contributed by atoms with Crippen LogP contribution in [0.2, 0.25) is 0 Å². The normalized spacial score (nSPS) is 10.9. The minimum atomic E-state index is -3.61. The minimum Gasteiger partial charge on any atom is -0.481 e. The SMILES string of the molecule is CCNS(=O)(=O)c1ccc(C(=O)NNC(=O)COc2ccccc2F)cc1. The Kier molecular flexibility index (Phi) is 6.85. The Morgan fingerprint density at radius 1 is 1.04 bits per heavy atom. The third-order valence-corrected chi connectivity index (χ3v) is 4.83. The van der Waals surface area contributed by atoms with Gasteiger partial charge in [0, 0.05) is 12.1 Å². The van der Waals surface area contributed by atoms with Crippen molar-refractivity contribution in [3.8, 4) is 5.75 Å². The lowest BCUT2D eigenvalue weighted by atomic mass is 10.2. The van der Waals surface area contributed by atoms with Gasteiger partial charge in [-0.3, -0.25) is 20.4 Å². The maximum Gasteiger partial charge on any atom is 0.276 e. The summed E-state index contributed by atoms with van der Waals surface area (Å²) in [5, 5.41) is 0. The number of amides is 2. The number of nitrogens with one attached hydrogen (secondary N) is 3. The van der Waals surface area contributed by atoms with E-state index in [1.807, 2.05) is 0 Å². The van der Waals surface area contributed by atoms with Crippen LogP contribution in [0.15, 0.2) is 53.4 Å². The molecule has 27 heavy (non-hydrogen) atoms. The number of ether oxygens (including phenoxy) is 1. The van der Waals surface area contributed by atoms with Crippen LogP contribution in [0.3, 0.4) is 0 Å². The van der Waals surface area contributed by atoms with Gasteiger partial charge >= 0.3 is 0 Å². The summed E-state index contributed by atoms with van der Waals surface area (Å²) in [6.07, 6.45) is 0. The molecule has 0 saturated carbocycles. The number of hydrogen-bond acceptors (Lipinski definition) is 5. The van der Waals surface area contributed by atoms with E-state index in [9.17, 15) is 22.4 Å². The molecule has 2 amide bonds. The topological polar surface area (TPSA) is 114 Å². The van der Waals surface area contributed by atoms with Crippen molar-refractivity contribution in [2.75, 3.05) is 13.2 Å². The van der Waals surface area contributed by atoms with Gasteiger partial charge in [0.05, 0.1) is 4.90 Å². The van der Waals surface area contributed by atoms with E-state index in [0.29, 0.717) is 0 Å². The monoisotopic (exact) mass is 395 g/mol. The van der Waals surface area contributed by atoms with Gasteiger partial charge in [0.15, 0.2) is 18.2 Å². The highest BCUT2D eigenvalue weighted by atomic mass is 32.2. The van der Waals surface area contributed by atoms with Crippen molar-refractivity contribution in [2.24, 2.45) is 0 Å². The quantitative estimate of drug-likeness (QED) is 0.605. The lowest BCUT2D eigenvalue weighted by Gasteiger charge is -2.10. The Bertz CT molecular complexity index is 916. The van der Waals surface area contributed by atoms with E-state index in [4.69, 9.17) is 4.74 Å². The molecule has 2 rings (SSSR count). The molecule has 0 saturated heterocycles. The van der Waals surface area contributed by atoms with Crippen molar-refractivity contribution in [3.63, 3.8) is 0 Å². The Balaban J connectivity index is 1.86. The molecule has 0 aliphatic heterocycles. The highest BCUT2D eigenvalue weighted by molar-refractivity contribution is 7.89. The van der Waals surface area contributed by atoms with Crippen LogP contribution in [0.5, 0.6) is 5.75 Å². The Labute approximate surface area is 155 Å². The largest absolute Gasteiger partial charge is 0.481 e. The molecule has 0 radical (unpaired) electrons. The van der Waals surface area contributed by atoms with Gasteiger partial charge in [-0.25, -0.2) is 17.5 Å². The summed E-state index contributed by atoms with van der Waals surface area (Å²) < 4.78 is 44.4. The van der Waals surface area contributed by atoms with Crippen LogP contribution < -0.4 is 20.3 Å². The minimum absolute atomic E-state index is 0.0169. The van der Waals surface area contributed by atoms with E-state index in [1.165, 1.54) is 42.5 Å². The number of hydrazine groups is 1. The molecule has 0 spiro atoms. The van der Waals surface area contributed by atoms with Gasteiger partial charge in [-0.1, -0.05) is 19.1 Å². The summed E-state index contributed by atoms with van der Waals surface area (Å²) in [6, 6.07) is 10.8. The summed E-state index contributed by atoms with van der Waals surface area (Å²) >= 11 is 0. The molecule has 0 fully saturated rings. The molecule has 0 atom stereocenters. The third kappa shape index (κ3) is 5.76. The first-order valence-corrected chi connectivity index (χ1v) is 9.38. The predicted molar refractivity (Wildman–Crippen MR) is 94.8 cm³/mol. The maximum absolute atomic E-state index is 13.4. The van der Waals surface area contributed by atoms with Crippen molar-refractivity contribution >= 4 is 21.8 Å². The highest BCUT2D eigenvalue weighted by Gasteiger charge is 2.14. The number of sulfonamides is 1. The number of hydrogen-bond donors (Lipinski definition) is 3. The summed E-state index contributed by atoms with van der Waals surface area (Å²) in [6.45, 7) is 1.39. The first-order valence-electron chi connectivity index (χ1n) is 7.89. The Hall–Kier alpha value is -2.98. The maximum atomic E-state index is 13.4. The Morgan fingerprint density at radius 2 is 1.70 bits per heavy atom. The zero-order chi connectivity index (χ0) is 19.9. The van der Waals surface area contributed by atoms with Gasteiger partial charge < -0.3 is 4.74 Å². The van der Waals surface area contributed by atoms with E-state index < -0.39 is 34.3 Å². The van der Waals surface area contributed by atoms with Crippen LogP contribution in [-0.2, 0) is 14.8 Å². The van der Waals surface area contributed by atoms with Crippen molar-refractivity contribution in [1.82, 2.24) is 15.6 Å². The van der Waals surface area contributed by atoms with Crippen LogP contribution in [0.25, 0.3) is 0 Å². The average molecular weight is 395 g/mol. The van der Waals surface area contributed by atoms with Crippen molar-refractivity contribution in [3.05, 3.63) is 59.9 Å². The molecular formula is C17H18FN3O5S. The van der Waals surface area contributed by atoms with Crippen LogP contribution >= 0.6 is 0 Å². The number of benzene rings is 2. The zero-order valence-electron chi connectivity index (χ0n) is 14.4. The van der Waals surface area contributed by atoms with Crippen molar-refractivity contribution < 1.29 is 27.1 Å². The second-order valence-corrected chi connectivity index (χ2v) is 7.01. The summed E-state index contributed by atoms with van der Waals surface area (Å²) in [7, 11) is -3.61. The van der Waals surface area contributed by atoms with E-state index >= 15 is 0 Å². The van der Waals surface area contributed by atoms with E-state index in [0.717, 1.165) is 0 Å². The number of rotatable bonds is 7. The second kappa shape index (κ2) is 9.10. The molecule has 0 heterocycles. The van der Waals surface area contributed by atoms with Gasteiger partial charge in [0.2, 0.25) is 10.0 Å². The fourth-order valence-electron chi connectivity index (χ4n) is 2.00. The van der Waals surface area contributed by atoms with E-state index in [-0.39, 0.29) is 22.8 Å². The molecule has 2 aromatic rings. The first kappa shape index (κ1) is 20.3. The van der Waals surface area contributed by atoms with Gasteiger partial charge in [0.25, 0.3) is 11.8 Å². The van der Waals surface area contributed by atoms with Crippen molar-refractivity contribution in [1.29, 1.82) is 0 Å². The summed E-state index contributed by atoms with van der Waals surface area (Å²) in [4.78, 5) is 23.6. The van der Waals surface area contributed by atoms with Gasteiger partial charge in [-0.15, -0.1) is 0 Å². The Morgan fingerprint density at radius 3 is 2.33 bits per heavy atom. The number of carbonyl (C=O) groups is 2. The fraction of sp³-hybridized carbons (Fsp3) is 0.176. The molecule has 3 N–H and O–H groups in total. The molecule has 0 aliphatic rings. The smallest absolute Gasteiger partial charge is 0.276 e. The van der Waals surface area contributed by atoms with E-state index in [2.05, 4.69) is 15.6 Å². The summed E-state index contributed by atoms with van der Waals surface area (Å²) in [5.41, 5.74) is 4.41. The molecule has 0 unspecified atom stereocenters. The standard InChI is InChI=1S/C17H18FN3O5S/c1-2-19-27(24,25)13-9-7-12(8-10-13)17(23)21-20-16(22)11-26-15-6-4-3-5-14(15)18/h3-10,19H,2,11H2,1H3,(H,20,22)(H,21,23). The molecule has 0 bridgehead atoms. The second-order valence-electron chi connectivity index (χ2n) is 5.25. The third-order valence-electron chi connectivity index (χ3n) is 3.27. The van der Waals surface area contributed by atoms with Crippen LogP contribution in [-0.4, -0.2) is 33.4 Å². The highest BCUT2D eigenvalue weighted by Crippen LogP contribution is 2.14. The van der Waals surface area contributed by atoms with Gasteiger partial charge in [-0.2, -0.15) is 0 Å². The number of carbonyl (C=O) groups excluding carboxylic acids is 2. The molecule has 8 nitrogen and oxygen atoms in total. The van der Waals surface area contributed by atoms with Gasteiger partial charge in [-0.05, 0) is 36.4 Å². The summed E-state index contributed by atoms with van der Waals surface area (Å²) in [5.74, 6) is -2.04. The molecule has 144 valence electrons. The van der Waals surface area contributed by atoms with Crippen LogP contribution in [0.1, 0.15) is 17.3 Å². The molecule has 0 aliphatic carbocycles. The molecule has 10 heteroatoms. The fourth-order valence-corrected chi connectivity index (χ4v) is 3.04. The lowest BCUT2D eigenvalue weighted by Crippen LogP contribution is -2.43. The molecular weight excluding hydrogens is 377 g/mol. The molecule has 2 aromatic carbocycles. The predicted octanol–water partition coefficient (Wildman–Crippen LogP) is 0.964. The first-order chi connectivity index (χ1) is 12.8. The van der Waals surface area contributed by atoms with Crippen LogP contribution in [0, 0.1) is 5.82 Å². The number of para-hydroxylation sites is 1. The van der Waals surface area contributed by atoms with Crippen LogP contribution in [0.4, 0.5) is 4.39 Å². The molecule has 0 aromatic heterocycles. The van der Waals surface area contributed by atoms with Gasteiger partial charge in [0.1, 0.15) is 0 Å². The average Bonchev–Trinajstić information content (AvgIpc) is 2.65. The lowest BCUT2D eigenvalue weighted by molar-refractivity contribution is -0.123. The number of halogens is 1. The zero-order valence-corrected chi connectivity index (χ0v) is 15.2. The van der Waals surface area contributed by atoms with E-state index in [1.54, 1.807) is 13.0 Å².